The highest BCUT2D eigenvalue weighted by Gasteiger charge is 2.43. The third-order valence-corrected chi connectivity index (χ3v) is 7.21. The Labute approximate surface area is 201 Å². The standard InChI is InChI=1S/C29H34FNO3/c1-18(24-11-7-9-20-8-5-6-10-25(20)24)31-23-14-12-21(16-23)22-13-15-27(26(30)17-22)34-29(3,4)28-32-19(2)33-28/h5-11,13,15,17-19,21,23,28,31H,12,14,16H2,1-4H3/t18-,19?,21-,23+,28?/m1/s1. The molecule has 2 fully saturated rings. The molecule has 4 nitrogen and oxygen atoms in total. The lowest BCUT2D eigenvalue weighted by atomic mass is 9.96. The molecule has 3 aromatic rings. The van der Waals surface area contributed by atoms with Crippen molar-refractivity contribution in [3.63, 3.8) is 0 Å². The highest BCUT2D eigenvalue weighted by atomic mass is 19.1. The van der Waals surface area contributed by atoms with Gasteiger partial charge in [0, 0.05) is 12.1 Å². The number of nitrogens with one attached hydrogen (secondary N) is 1. The van der Waals surface area contributed by atoms with Gasteiger partial charge in [-0.3, -0.25) is 0 Å². The summed E-state index contributed by atoms with van der Waals surface area (Å²) in [6.07, 6.45) is 2.40. The molecule has 5 heteroatoms. The van der Waals surface area contributed by atoms with Crippen molar-refractivity contribution in [1.29, 1.82) is 0 Å². The summed E-state index contributed by atoms with van der Waals surface area (Å²) in [5.74, 6) is 0.240. The van der Waals surface area contributed by atoms with Gasteiger partial charge in [0.1, 0.15) is 0 Å². The maximum Gasteiger partial charge on any atom is 0.202 e. The molecule has 34 heavy (non-hydrogen) atoms. The van der Waals surface area contributed by atoms with Gasteiger partial charge in [0.2, 0.25) is 6.29 Å². The minimum Gasteiger partial charge on any atom is -0.479 e. The first-order valence-corrected chi connectivity index (χ1v) is 12.3. The minimum atomic E-state index is -0.769. The summed E-state index contributed by atoms with van der Waals surface area (Å²) in [6.45, 7) is 7.76. The lowest BCUT2D eigenvalue weighted by Gasteiger charge is -2.43. The zero-order valence-electron chi connectivity index (χ0n) is 20.4. The van der Waals surface area contributed by atoms with E-state index in [-0.39, 0.29) is 23.9 Å². The van der Waals surface area contributed by atoms with E-state index in [4.69, 9.17) is 14.2 Å². The van der Waals surface area contributed by atoms with Crippen LogP contribution in [0, 0.1) is 5.82 Å². The molecular weight excluding hydrogens is 429 g/mol. The minimum absolute atomic E-state index is 0.234. The Morgan fingerprint density at radius 3 is 2.56 bits per heavy atom. The van der Waals surface area contributed by atoms with Gasteiger partial charge in [0.15, 0.2) is 23.5 Å². The fraction of sp³-hybridized carbons (Fsp3) is 0.448. The maximum absolute atomic E-state index is 15.0. The molecule has 1 aliphatic heterocycles. The molecular formula is C29H34FNO3. The van der Waals surface area contributed by atoms with Crippen LogP contribution in [0.1, 0.15) is 70.0 Å². The number of hydrogen-bond donors (Lipinski definition) is 1. The van der Waals surface area contributed by atoms with Crippen LogP contribution in [-0.4, -0.2) is 24.2 Å². The lowest BCUT2D eigenvalue weighted by molar-refractivity contribution is -0.410. The van der Waals surface area contributed by atoms with E-state index in [0.29, 0.717) is 12.0 Å². The molecule has 0 amide bonds. The molecule has 1 saturated carbocycles. The predicted molar refractivity (Wildman–Crippen MR) is 132 cm³/mol. The number of fused-ring (bicyclic) bond motifs is 1. The zero-order valence-corrected chi connectivity index (χ0v) is 20.4. The van der Waals surface area contributed by atoms with Gasteiger partial charge in [-0.2, -0.15) is 0 Å². The van der Waals surface area contributed by atoms with E-state index in [9.17, 15) is 4.39 Å². The molecule has 1 aliphatic carbocycles. The van der Waals surface area contributed by atoms with Gasteiger partial charge in [-0.1, -0.05) is 48.5 Å². The third kappa shape index (κ3) is 4.70. The fourth-order valence-corrected chi connectivity index (χ4v) is 5.38. The van der Waals surface area contributed by atoms with Crippen LogP contribution in [0.25, 0.3) is 10.8 Å². The Hall–Kier alpha value is -2.47. The Balaban J connectivity index is 1.22. The second-order valence-electron chi connectivity index (χ2n) is 10.2. The van der Waals surface area contributed by atoms with Crippen molar-refractivity contribution in [1.82, 2.24) is 5.32 Å². The molecule has 1 N–H and O–H groups in total. The van der Waals surface area contributed by atoms with Gasteiger partial charge in [-0.25, -0.2) is 4.39 Å². The Morgan fingerprint density at radius 2 is 1.79 bits per heavy atom. The van der Waals surface area contributed by atoms with Gasteiger partial charge < -0.3 is 19.5 Å². The number of ether oxygens (including phenoxy) is 3. The van der Waals surface area contributed by atoms with E-state index in [1.165, 1.54) is 16.3 Å². The lowest BCUT2D eigenvalue weighted by Crippen LogP contribution is -2.55. The van der Waals surface area contributed by atoms with Crippen molar-refractivity contribution < 1.29 is 18.6 Å². The number of hydrogen-bond acceptors (Lipinski definition) is 4. The summed E-state index contributed by atoms with van der Waals surface area (Å²) in [7, 11) is 0. The number of rotatable bonds is 7. The quantitative estimate of drug-likeness (QED) is 0.416. The summed E-state index contributed by atoms with van der Waals surface area (Å²) in [6, 6.07) is 21.1. The van der Waals surface area contributed by atoms with Crippen molar-refractivity contribution in [2.75, 3.05) is 0 Å². The first-order valence-electron chi connectivity index (χ1n) is 12.3. The molecule has 0 radical (unpaired) electrons. The van der Waals surface area contributed by atoms with E-state index in [1.54, 1.807) is 12.1 Å². The van der Waals surface area contributed by atoms with Crippen molar-refractivity contribution in [3.8, 4) is 5.75 Å². The molecule has 5 rings (SSSR count). The van der Waals surface area contributed by atoms with Crippen molar-refractivity contribution >= 4 is 10.8 Å². The molecule has 2 aliphatic rings. The van der Waals surface area contributed by atoms with Crippen LogP contribution in [0.4, 0.5) is 4.39 Å². The summed E-state index contributed by atoms with van der Waals surface area (Å²) >= 11 is 0. The third-order valence-electron chi connectivity index (χ3n) is 7.21. The van der Waals surface area contributed by atoms with Gasteiger partial charge in [-0.05, 0) is 86.9 Å². The monoisotopic (exact) mass is 463 g/mol. The van der Waals surface area contributed by atoms with Crippen LogP contribution in [0.2, 0.25) is 0 Å². The Morgan fingerprint density at radius 1 is 1.03 bits per heavy atom. The summed E-state index contributed by atoms with van der Waals surface area (Å²) in [5, 5.41) is 6.39. The number of halogens is 1. The summed E-state index contributed by atoms with van der Waals surface area (Å²) in [4.78, 5) is 0. The van der Waals surface area contributed by atoms with Gasteiger partial charge in [0.05, 0.1) is 0 Å². The molecule has 3 atom stereocenters. The highest BCUT2D eigenvalue weighted by Crippen LogP contribution is 2.38. The summed E-state index contributed by atoms with van der Waals surface area (Å²) < 4.78 is 32.0. The topological polar surface area (TPSA) is 39.7 Å². The molecule has 0 bridgehead atoms. The average molecular weight is 464 g/mol. The smallest absolute Gasteiger partial charge is 0.202 e. The van der Waals surface area contributed by atoms with Crippen LogP contribution in [0.15, 0.2) is 60.7 Å². The second kappa shape index (κ2) is 9.29. The van der Waals surface area contributed by atoms with Gasteiger partial charge in [0.25, 0.3) is 0 Å². The molecule has 3 aromatic carbocycles. The number of benzene rings is 3. The van der Waals surface area contributed by atoms with Crippen LogP contribution in [-0.2, 0) is 9.47 Å². The van der Waals surface area contributed by atoms with Crippen LogP contribution >= 0.6 is 0 Å². The maximum atomic E-state index is 15.0. The van der Waals surface area contributed by atoms with Crippen molar-refractivity contribution in [2.24, 2.45) is 0 Å². The highest BCUT2D eigenvalue weighted by molar-refractivity contribution is 5.86. The molecule has 180 valence electrons. The molecule has 0 unspecified atom stereocenters. The van der Waals surface area contributed by atoms with Crippen LogP contribution in [0.5, 0.6) is 5.75 Å². The Bertz CT molecular complexity index is 1150. The van der Waals surface area contributed by atoms with Crippen LogP contribution < -0.4 is 10.1 Å². The molecule has 0 spiro atoms. The largest absolute Gasteiger partial charge is 0.479 e. The molecule has 1 heterocycles. The first-order chi connectivity index (χ1) is 16.3. The second-order valence-corrected chi connectivity index (χ2v) is 10.2. The van der Waals surface area contributed by atoms with E-state index in [2.05, 4.69) is 54.7 Å². The zero-order chi connectivity index (χ0) is 23.9. The van der Waals surface area contributed by atoms with E-state index in [0.717, 1.165) is 24.8 Å². The van der Waals surface area contributed by atoms with E-state index in [1.807, 2.05) is 26.8 Å². The summed E-state index contributed by atoms with van der Waals surface area (Å²) in [5.41, 5.74) is 1.59. The van der Waals surface area contributed by atoms with Crippen LogP contribution in [0.3, 0.4) is 0 Å². The molecule has 1 saturated heterocycles. The molecule has 0 aromatic heterocycles. The van der Waals surface area contributed by atoms with E-state index >= 15 is 0 Å². The van der Waals surface area contributed by atoms with E-state index < -0.39 is 11.9 Å². The van der Waals surface area contributed by atoms with Gasteiger partial charge >= 0.3 is 0 Å². The van der Waals surface area contributed by atoms with Crippen molar-refractivity contribution in [2.45, 2.75) is 83.1 Å². The average Bonchev–Trinajstić information content (AvgIpc) is 3.26. The fourth-order valence-electron chi connectivity index (χ4n) is 5.38. The first kappa shape index (κ1) is 23.3. The van der Waals surface area contributed by atoms with Gasteiger partial charge in [-0.15, -0.1) is 0 Å². The van der Waals surface area contributed by atoms with Crippen molar-refractivity contribution in [3.05, 3.63) is 77.6 Å². The predicted octanol–water partition coefficient (Wildman–Crippen LogP) is 6.84. The normalized spacial score (nSPS) is 25.8. The SMILES string of the molecule is CC1OC(C(C)(C)Oc2ccc([C@@H]3CC[C@H](N[C@H](C)c4cccc5ccccc45)C3)cc2F)O1. The Kier molecular flexibility index (Phi) is 6.36.